The van der Waals surface area contributed by atoms with Gasteiger partial charge in [-0.3, -0.25) is 0 Å². The Morgan fingerprint density at radius 1 is 1.27 bits per heavy atom. The topological polar surface area (TPSA) is 62.2 Å². The molecule has 2 bridgehead atoms. The highest BCUT2D eigenvalue weighted by Gasteiger charge is 2.41. The zero-order chi connectivity index (χ0) is 15.3. The highest BCUT2D eigenvalue weighted by atomic mass is 16.4. The average Bonchev–Trinajstić information content (AvgIpc) is 3.09. The summed E-state index contributed by atoms with van der Waals surface area (Å²) in [5, 5.41) is 12.9. The molecule has 2 aliphatic carbocycles. The lowest BCUT2D eigenvalue weighted by molar-refractivity contribution is 0.0688. The Balaban J connectivity index is 1.80. The smallest absolute Gasteiger partial charge is 0.354 e. The lowest BCUT2D eigenvalue weighted by Crippen LogP contribution is -2.12. The monoisotopic (exact) mass is 294 g/mol. The van der Waals surface area contributed by atoms with Crippen LogP contribution >= 0.6 is 0 Å². The van der Waals surface area contributed by atoms with E-state index >= 15 is 0 Å². The fraction of sp³-hybridized carbons (Fsp3) is 0.333. The van der Waals surface area contributed by atoms with E-state index in [2.05, 4.69) is 29.4 Å². The number of hydrogen-bond acceptors (Lipinski definition) is 3. The summed E-state index contributed by atoms with van der Waals surface area (Å²) in [6.07, 6.45) is 5.01. The Labute approximate surface area is 129 Å². The van der Waals surface area contributed by atoms with Gasteiger partial charge in [-0.25, -0.2) is 9.78 Å². The summed E-state index contributed by atoms with van der Waals surface area (Å²) in [5.74, 6) is -0.0582. The standard InChI is InChI=1S/C18H18N2O2/c1-10-3-2-4-13(7-10)20-14-9-19-17(18(21)22)16-12-6-5-11(8-12)15(14)16/h2-4,7,9,11-12,20H,5-6,8H2,1H3,(H,21,22). The zero-order valence-electron chi connectivity index (χ0n) is 12.5. The minimum Gasteiger partial charge on any atom is -0.477 e. The number of carbonyl (C=O) groups is 1. The molecule has 0 radical (unpaired) electrons. The number of hydrogen-bond donors (Lipinski definition) is 2. The molecular formula is C18H18N2O2. The van der Waals surface area contributed by atoms with Gasteiger partial charge in [-0.2, -0.15) is 0 Å². The van der Waals surface area contributed by atoms with Crippen molar-refractivity contribution >= 4 is 17.3 Å². The number of fused-ring (bicyclic) bond motifs is 5. The van der Waals surface area contributed by atoms with E-state index in [-0.39, 0.29) is 5.69 Å². The van der Waals surface area contributed by atoms with Gasteiger partial charge < -0.3 is 10.4 Å². The van der Waals surface area contributed by atoms with Crippen molar-refractivity contribution < 1.29 is 9.90 Å². The third-order valence-corrected chi connectivity index (χ3v) is 4.91. The summed E-state index contributed by atoms with van der Waals surface area (Å²) in [6.45, 7) is 2.06. The van der Waals surface area contributed by atoms with E-state index in [9.17, 15) is 9.90 Å². The molecule has 0 aliphatic heterocycles. The quantitative estimate of drug-likeness (QED) is 0.890. The fourth-order valence-electron chi connectivity index (χ4n) is 4.05. The van der Waals surface area contributed by atoms with E-state index in [0.717, 1.165) is 36.2 Å². The van der Waals surface area contributed by atoms with Gasteiger partial charge in [0.1, 0.15) is 0 Å². The van der Waals surface area contributed by atoms with Crippen LogP contribution in [0.5, 0.6) is 0 Å². The Morgan fingerprint density at radius 3 is 2.77 bits per heavy atom. The molecule has 1 aromatic heterocycles. The maximum absolute atomic E-state index is 11.5. The first-order valence-electron chi connectivity index (χ1n) is 7.73. The van der Waals surface area contributed by atoms with Crippen molar-refractivity contribution in [3.05, 3.63) is 52.8 Å². The molecule has 1 heterocycles. The molecule has 0 spiro atoms. The first-order chi connectivity index (χ1) is 10.6. The second-order valence-electron chi connectivity index (χ2n) is 6.35. The largest absolute Gasteiger partial charge is 0.477 e. The van der Waals surface area contributed by atoms with E-state index in [1.165, 1.54) is 11.1 Å². The Bertz CT molecular complexity index is 770. The van der Waals surface area contributed by atoms with Gasteiger partial charge in [0, 0.05) is 5.69 Å². The van der Waals surface area contributed by atoms with Crippen molar-refractivity contribution in [3.63, 3.8) is 0 Å². The molecule has 22 heavy (non-hydrogen) atoms. The Kier molecular flexibility index (Phi) is 2.93. The van der Waals surface area contributed by atoms with Crippen molar-refractivity contribution in [2.45, 2.75) is 38.0 Å². The number of pyridine rings is 1. The van der Waals surface area contributed by atoms with E-state index in [1.807, 2.05) is 12.1 Å². The average molecular weight is 294 g/mol. The van der Waals surface area contributed by atoms with Crippen LogP contribution in [0.3, 0.4) is 0 Å². The molecule has 2 N–H and O–H groups in total. The molecule has 1 aromatic carbocycles. The molecule has 2 aromatic rings. The van der Waals surface area contributed by atoms with Gasteiger partial charge >= 0.3 is 5.97 Å². The van der Waals surface area contributed by atoms with Crippen molar-refractivity contribution in [1.29, 1.82) is 0 Å². The second-order valence-corrected chi connectivity index (χ2v) is 6.35. The molecular weight excluding hydrogens is 276 g/mol. The number of benzene rings is 1. The van der Waals surface area contributed by atoms with Gasteiger partial charge in [0.25, 0.3) is 0 Å². The number of carboxylic acids is 1. The van der Waals surface area contributed by atoms with Crippen LogP contribution in [-0.2, 0) is 0 Å². The second kappa shape index (κ2) is 4.83. The molecule has 1 fully saturated rings. The zero-order valence-corrected chi connectivity index (χ0v) is 12.5. The van der Waals surface area contributed by atoms with Crippen molar-refractivity contribution in [2.75, 3.05) is 5.32 Å². The summed E-state index contributed by atoms with van der Waals surface area (Å²) in [6, 6.07) is 8.19. The van der Waals surface area contributed by atoms with Crippen LogP contribution in [0.15, 0.2) is 30.5 Å². The third-order valence-electron chi connectivity index (χ3n) is 4.91. The molecule has 2 atom stereocenters. The van der Waals surface area contributed by atoms with Gasteiger partial charge in [-0.1, -0.05) is 12.1 Å². The summed E-state index contributed by atoms with van der Waals surface area (Å²) < 4.78 is 0. The van der Waals surface area contributed by atoms with Crippen molar-refractivity contribution in [3.8, 4) is 0 Å². The number of aromatic carboxylic acids is 1. The summed E-state index contributed by atoms with van der Waals surface area (Å²) in [5.41, 5.74) is 5.59. The molecule has 4 nitrogen and oxygen atoms in total. The maximum atomic E-state index is 11.5. The van der Waals surface area contributed by atoms with E-state index < -0.39 is 5.97 Å². The SMILES string of the molecule is Cc1cccc(Nc2cnc(C(=O)O)c3c2C2CCC3C2)c1. The maximum Gasteiger partial charge on any atom is 0.354 e. The lowest BCUT2D eigenvalue weighted by Gasteiger charge is -2.21. The highest BCUT2D eigenvalue weighted by Crippen LogP contribution is 2.56. The molecule has 1 saturated carbocycles. The summed E-state index contributed by atoms with van der Waals surface area (Å²) >= 11 is 0. The predicted octanol–water partition coefficient (Wildman–Crippen LogP) is 4.20. The Hall–Kier alpha value is -2.36. The molecule has 2 aliphatic rings. The van der Waals surface area contributed by atoms with Crippen LogP contribution in [0.25, 0.3) is 0 Å². The molecule has 4 heteroatoms. The van der Waals surface area contributed by atoms with Crippen LogP contribution < -0.4 is 5.32 Å². The first-order valence-corrected chi connectivity index (χ1v) is 7.73. The number of anilines is 2. The molecule has 0 saturated heterocycles. The van der Waals surface area contributed by atoms with Crippen LogP contribution in [0.1, 0.15) is 58.3 Å². The number of carboxylic acid groups (broad SMARTS) is 1. The minimum atomic E-state index is -0.911. The summed E-state index contributed by atoms with van der Waals surface area (Å²) in [7, 11) is 0. The van der Waals surface area contributed by atoms with Gasteiger partial charge in [0.2, 0.25) is 0 Å². The molecule has 0 amide bonds. The van der Waals surface area contributed by atoms with Crippen molar-refractivity contribution in [1.82, 2.24) is 4.98 Å². The first kappa shape index (κ1) is 13.3. The van der Waals surface area contributed by atoms with Gasteiger partial charge in [0.15, 0.2) is 5.69 Å². The normalized spacial score (nSPS) is 21.7. The van der Waals surface area contributed by atoms with Crippen LogP contribution in [0.4, 0.5) is 11.4 Å². The van der Waals surface area contributed by atoms with Crippen LogP contribution in [-0.4, -0.2) is 16.1 Å². The number of aryl methyl sites for hydroxylation is 1. The number of aromatic nitrogens is 1. The lowest BCUT2D eigenvalue weighted by atomic mass is 9.89. The third kappa shape index (κ3) is 1.98. The predicted molar refractivity (Wildman–Crippen MR) is 85.0 cm³/mol. The number of nitrogens with zero attached hydrogens (tertiary/aromatic N) is 1. The van der Waals surface area contributed by atoms with Gasteiger partial charge in [-0.05, 0) is 66.8 Å². The van der Waals surface area contributed by atoms with E-state index in [1.54, 1.807) is 6.20 Å². The molecule has 112 valence electrons. The molecule has 4 rings (SSSR count). The number of rotatable bonds is 3. The number of nitrogens with one attached hydrogen (secondary N) is 1. The minimum absolute atomic E-state index is 0.247. The van der Waals surface area contributed by atoms with Crippen LogP contribution in [0.2, 0.25) is 0 Å². The van der Waals surface area contributed by atoms with Gasteiger partial charge in [0.05, 0.1) is 11.9 Å². The molecule has 2 unspecified atom stereocenters. The fourth-order valence-corrected chi connectivity index (χ4v) is 4.05. The Morgan fingerprint density at radius 2 is 2.05 bits per heavy atom. The van der Waals surface area contributed by atoms with Crippen molar-refractivity contribution in [2.24, 2.45) is 0 Å². The van der Waals surface area contributed by atoms with E-state index in [4.69, 9.17) is 0 Å². The van der Waals surface area contributed by atoms with Crippen LogP contribution in [0, 0.1) is 6.92 Å². The summed E-state index contributed by atoms with van der Waals surface area (Å²) in [4.78, 5) is 15.7. The highest BCUT2D eigenvalue weighted by molar-refractivity contribution is 5.89. The van der Waals surface area contributed by atoms with Gasteiger partial charge in [-0.15, -0.1) is 0 Å². The van der Waals surface area contributed by atoms with E-state index in [0.29, 0.717) is 11.8 Å².